The summed E-state index contributed by atoms with van der Waals surface area (Å²) in [5.74, 6) is 0.840. The fourth-order valence-electron chi connectivity index (χ4n) is 2.74. The van der Waals surface area contributed by atoms with E-state index < -0.39 is 0 Å². The van der Waals surface area contributed by atoms with Gasteiger partial charge in [0, 0.05) is 11.3 Å². The van der Waals surface area contributed by atoms with Gasteiger partial charge in [-0.1, -0.05) is 48.0 Å². The Morgan fingerprint density at radius 1 is 0.875 bits per heavy atom. The second-order valence-corrected chi connectivity index (χ2v) is 5.81. The molecule has 0 heterocycles. The van der Waals surface area contributed by atoms with E-state index in [1.54, 1.807) is 7.11 Å². The molecule has 0 unspecified atom stereocenters. The maximum atomic E-state index is 5.20. The molecule has 0 saturated carbocycles. The molecule has 3 rings (SSSR count). The van der Waals surface area contributed by atoms with E-state index in [0.29, 0.717) is 0 Å². The van der Waals surface area contributed by atoms with Crippen LogP contribution in [0.1, 0.15) is 18.1 Å². The van der Waals surface area contributed by atoms with Crippen molar-refractivity contribution in [2.75, 3.05) is 7.11 Å². The lowest BCUT2D eigenvalue weighted by atomic mass is 9.95. The molecule has 120 valence electrons. The molecule has 0 amide bonds. The van der Waals surface area contributed by atoms with Crippen LogP contribution >= 0.6 is 0 Å². The molecule has 0 aliphatic rings. The molecule has 0 aromatic heterocycles. The number of aliphatic imine (C=N–C) groups is 1. The van der Waals surface area contributed by atoms with Crippen molar-refractivity contribution in [3.8, 4) is 16.9 Å². The normalized spacial score (nSPS) is 11.4. The topological polar surface area (TPSA) is 21.6 Å². The Labute approximate surface area is 143 Å². The van der Waals surface area contributed by atoms with Crippen LogP contribution < -0.4 is 4.74 Å². The quantitative estimate of drug-likeness (QED) is 0.557. The summed E-state index contributed by atoms with van der Waals surface area (Å²) in [5, 5.41) is 0. The van der Waals surface area contributed by atoms with E-state index in [-0.39, 0.29) is 0 Å². The first-order valence-electron chi connectivity index (χ1n) is 8.03. The van der Waals surface area contributed by atoms with E-state index >= 15 is 0 Å². The SMILES string of the molecule is COc1ccc(N=C(C)c2cc(C)ccc2-c2ccccc2)cc1. The largest absolute Gasteiger partial charge is 0.497 e. The van der Waals surface area contributed by atoms with Crippen LogP contribution in [-0.4, -0.2) is 12.8 Å². The molecule has 3 aromatic rings. The smallest absolute Gasteiger partial charge is 0.119 e. The van der Waals surface area contributed by atoms with Gasteiger partial charge in [0.2, 0.25) is 0 Å². The van der Waals surface area contributed by atoms with Gasteiger partial charge in [0.05, 0.1) is 12.8 Å². The van der Waals surface area contributed by atoms with Gasteiger partial charge in [-0.05, 0) is 55.3 Å². The maximum absolute atomic E-state index is 5.20. The average Bonchev–Trinajstić information content (AvgIpc) is 2.63. The standard InChI is InChI=1S/C22H21NO/c1-16-9-14-21(18-7-5-4-6-8-18)22(15-16)17(2)23-19-10-12-20(24-3)13-11-19/h4-15H,1-3H3. The van der Waals surface area contributed by atoms with Crippen molar-refractivity contribution in [1.82, 2.24) is 0 Å². The zero-order valence-corrected chi connectivity index (χ0v) is 14.3. The fourth-order valence-corrected chi connectivity index (χ4v) is 2.74. The molecule has 0 fully saturated rings. The highest BCUT2D eigenvalue weighted by atomic mass is 16.5. The zero-order valence-electron chi connectivity index (χ0n) is 14.3. The molecule has 0 aliphatic carbocycles. The number of hydrogen-bond acceptors (Lipinski definition) is 2. The first-order valence-corrected chi connectivity index (χ1v) is 8.03. The number of rotatable bonds is 4. The fraction of sp³-hybridized carbons (Fsp3) is 0.136. The Balaban J connectivity index is 2.03. The molecule has 2 heteroatoms. The molecule has 24 heavy (non-hydrogen) atoms. The Bertz CT molecular complexity index is 849. The van der Waals surface area contributed by atoms with Crippen molar-refractivity contribution in [3.05, 3.63) is 83.9 Å². The summed E-state index contributed by atoms with van der Waals surface area (Å²) in [6, 6.07) is 24.8. The number of ether oxygens (including phenoxy) is 1. The van der Waals surface area contributed by atoms with Crippen LogP contribution in [-0.2, 0) is 0 Å². The van der Waals surface area contributed by atoms with Gasteiger partial charge in [-0.2, -0.15) is 0 Å². The summed E-state index contributed by atoms with van der Waals surface area (Å²) in [5.41, 5.74) is 6.73. The highest BCUT2D eigenvalue weighted by Gasteiger charge is 2.08. The van der Waals surface area contributed by atoms with Gasteiger partial charge >= 0.3 is 0 Å². The minimum atomic E-state index is 0.840. The molecule has 0 atom stereocenters. The second kappa shape index (κ2) is 7.14. The Morgan fingerprint density at radius 3 is 2.25 bits per heavy atom. The van der Waals surface area contributed by atoms with Gasteiger partial charge in [0.25, 0.3) is 0 Å². The highest BCUT2D eigenvalue weighted by Crippen LogP contribution is 2.27. The molecule has 0 saturated heterocycles. The lowest BCUT2D eigenvalue weighted by Crippen LogP contribution is -1.98. The van der Waals surface area contributed by atoms with Crippen molar-refractivity contribution in [3.63, 3.8) is 0 Å². The van der Waals surface area contributed by atoms with E-state index in [1.165, 1.54) is 16.7 Å². The van der Waals surface area contributed by atoms with Gasteiger partial charge in [0.15, 0.2) is 0 Å². The Hall–Kier alpha value is -2.87. The van der Waals surface area contributed by atoms with Gasteiger partial charge in [-0.15, -0.1) is 0 Å². The highest BCUT2D eigenvalue weighted by molar-refractivity contribution is 6.05. The van der Waals surface area contributed by atoms with Gasteiger partial charge < -0.3 is 4.74 Å². The predicted molar refractivity (Wildman–Crippen MR) is 101 cm³/mol. The molecule has 0 N–H and O–H groups in total. The summed E-state index contributed by atoms with van der Waals surface area (Å²) in [6.07, 6.45) is 0. The number of benzene rings is 3. The molecule has 0 bridgehead atoms. The summed E-state index contributed by atoms with van der Waals surface area (Å²) in [7, 11) is 1.67. The number of hydrogen-bond donors (Lipinski definition) is 0. The van der Waals surface area contributed by atoms with Gasteiger partial charge in [-0.3, -0.25) is 4.99 Å². The summed E-state index contributed by atoms with van der Waals surface area (Å²) in [6.45, 7) is 4.17. The van der Waals surface area contributed by atoms with Crippen molar-refractivity contribution < 1.29 is 4.74 Å². The van der Waals surface area contributed by atoms with E-state index in [4.69, 9.17) is 9.73 Å². The van der Waals surface area contributed by atoms with Crippen LogP contribution in [0.5, 0.6) is 5.75 Å². The van der Waals surface area contributed by atoms with Crippen molar-refractivity contribution in [1.29, 1.82) is 0 Å². The average molecular weight is 315 g/mol. The molecule has 0 radical (unpaired) electrons. The molecule has 0 spiro atoms. The monoisotopic (exact) mass is 315 g/mol. The molecule has 0 aliphatic heterocycles. The van der Waals surface area contributed by atoms with Crippen LogP contribution in [0.2, 0.25) is 0 Å². The van der Waals surface area contributed by atoms with Gasteiger partial charge in [0.1, 0.15) is 5.75 Å². The Morgan fingerprint density at radius 2 is 1.58 bits per heavy atom. The first-order chi connectivity index (χ1) is 11.7. The summed E-state index contributed by atoms with van der Waals surface area (Å²) >= 11 is 0. The van der Waals surface area contributed by atoms with Crippen LogP contribution in [0.25, 0.3) is 11.1 Å². The maximum Gasteiger partial charge on any atom is 0.119 e. The van der Waals surface area contributed by atoms with E-state index in [0.717, 1.165) is 22.7 Å². The third kappa shape index (κ3) is 3.54. The van der Waals surface area contributed by atoms with Crippen molar-refractivity contribution in [2.24, 2.45) is 4.99 Å². The van der Waals surface area contributed by atoms with E-state index in [9.17, 15) is 0 Å². The van der Waals surface area contributed by atoms with Crippen LogP contribution in [0.15, 0.2) is 77.8 Å². The third-order valence-electron chi connectivity index (χ3n) is 4.02. The van der Waals surface area contributed by atoms with E-state index in [2.05, 4.69) is 56.3 Å². The number of nitrogens with zero attached hydrogens (tertiary/aromatic N) is 1. The van der Waals surface area contributed by atoms with Crippen LogP contribution in [0.4, 0.5) is 5.69 Å². The van der Waals surface area contributed by atoms with Crippen LogP contribution in [0, 0.1) is 6.92 Å². The minimum absolute atomic E-state index is 0.840. The molecule has 2 nitrogen and oxygen atoms in total. The van der Waals surface area contributed by atoms with Crippen LogP contribution in [0.3, 0.4) is 0 Å². The predicted octanol–water partition coefficient (Wildman–Crippen LogP) is 5.81. The molecular formula is C22H21NO. The molecular weight excluding hydrogens is 294 g/mol. The second-order valence-electron chi connectivity index (χ2n) is 5.81. The zero-order chi connectivity index (χ0) is 16.9. The Kier molecular flexibility index (Phi) is 4.76. The lowest BCUT2D eigenvalue weighted by molar-refractivity contribution is 0.415. The number of methoxy groups -OCH3 is 1. The number of aryl methyl sites for hydroxylation is 1. The third-order valence-corrected chi connectivity index (χ3v) is 4.02. The lowest BCUT2D eigenvalue weighted by Gasteiger charge is -2.11. The molecule has 3 aromatic carbocycles. The van der Waals surface area contributed by atoms with E-state index in [1.807, 2.05) is 30.3 Å². The minimum Gasteiger partial charge on any atom is -0.497 e. The summed E-state index contributed by atoms with van der Waals surface area (Å²) < 4.78 is 5.20. The van der Waals surface area contributed by atoms with Crippen molar-refractivity contribution in [2.45, 2.75) is 13.8 Å². The van der Waals surface area contributed by atoms with Crippen molar-refractivity contribution >= 4 is 11.4 Å². The van der Waals surface area contributed by atoms with Gasteiger partial charge in [-0.25, -0.2) is 0 Å². The summed E-state index contributed by atoms with van der Waals surface area (Å²) in [4.78, 5) is 4.79. The first kappa shape index (κ1) is 16.0.